The first-order valence-electron chi connectivity index (χ1n) is 8.03. The molecule has 2 atom stereocenters. The molecule has 0 aliphatic carbocycles. The Kier molecular flexibility index (Phi) is 4.52. The van der Waals surface area contributed by atoms with E-state index in [1.54, 1.807) is 11.8 Å². The molecule has 0 radical (unpaired) electrons. The van der Waals surface area contributed by atoms with Crippen LogP contribution in [0.5, 0.6) is 0 Å². The Labute approximate surface area is 156 Å². The Morgan fingerprint density at radius 3 is 2.52 bits per heavy atom. The molecule has 130 valence electrons. The lowest BCUT2D eigenvalue weighted by molar-refractivity contribution is 0.601. The van der Waals surface area contributed by atoms with Gasteiger partial charge in [0.25, 0.3) is 0 Å². The number of nitrogens with zero attached hydrogens (tertiary/aromatic N) is 2. The molecule has 0 N–H and O–H groups in total. The zero-order valence-electron chi connectivity index (χ0n) is 13.4. The average Bonchev–Trinajstić information content (AvgIpc) is 3.08. The van der Waals surface area contributed by atoms with Gasteiger partial charge < -0.3 is 4.90 Å². The van der Waals surface area contributed by atoms with E-state index in [0.717, 1.165) is 21.4 Å². The normalized spacial score (nSPS) is 24.0. The quantitative estimate of drug-likeness (QED) is 0.800. The lowest BCUT2D eigenvalue weighted by Gasteiger charge is -2.25. The van der Waals surface area contributed by atoms with Crippen molar-refractivity contribution in [1.82, 2.24) is 0 Å². The Morgan fingerprint density at radius 1 is 1.08 bits per heavy atom. The van der Waals surface area contributed by atoms with Gasteiger partial charge in [0.15, 0.2) is 15.0 Å². The summed E-state index contributed by atoms with van der Waals surface area (Å²) in [6.07, 6.45) is 0. The molecular weight excluding hydrogens is 376 g/mol. The molecule has 0 amide bonds. The lowest BCUT2D eigenvalue weighted by atomic mass is 10.2. The Hall–Kier alpha value is -1.50. The van der Waals surface area contributed by atoms with Crippen LogP contribution >= 0.6 is 23.4 Å². The molecule has 2 aliphatic heterocycles. The standard InChI is InChI=1S/C18H17ClN2O2S2/c19-15-9-5-4-6-13(15)10-21(14-7-2-1-3-8-14)18-20-16-11-25(22,23)12-17(16)24-18/h1-9,16-17H,10-12H2/t16-,17-/m1/s1. The van der Waals surface area contributed by atoms with Gasteiger partial charge in [0.2, 0.25) is 0 Å². The maximum absolute atomic E-state index is 11.8. The van der Waals surface area contributed by atoms with Gasteiger partial charge >= 0.3 is 0 Å². The molecular formula is C18H17ClN2O2S2. The van der Waals surface area contributed by atoms with Crippen molar-refractivity contribution < 1.29 is 8.42 Å². The van der Waals surface area contributed by atoms with Gasteiger partial charge in [-0.2, -0.15) is 0 Å². The molecule has 0 saturated carbocycles. The lowest BCUT2D eigenvalue weighted by Crippen LogP contribution is -2.28. The minimum atomic E-state index is -2.95. The summed E-state index contributed by atoms with van der Waals surface area (Å²) < 4.78 is 23.6. The topological polar surface area (TPSA) is 49.7 Å². The minimum Gasteiger partial charge on any atom is -0.317 e. The van der Waals surface area contributed by atoms with E-state index >= 15 is 0 Å². The van der Waals surface area contributed by atoms with Crippen LogP contribution in [-0.4, -0.2) is 36.4 Å². The summed E-state index contributed by atoms with van der Waals surface area (Å²) in [5.74, 6) is 0.368. The monoisotopic (exact) mass is 392 g/mol. The molecule has 2 aromatic rings. The van der Waals surface area contributed by atoms with Gasteiger partial charge in [-0.3, -0.25) is 4.99 Å². The Bertz CT molecular complexity index is 916. The zero-order valence-corrected chi connectivity index (χ0v) is 15.8. The van der Waals surface area contributed by atoms with E-state index in [1.165, 1.54) is 0 Å². The first-order chi connectivity index (χ1) is 12.0. The average molecular weight is 393 g/mol. The number of rotatable bonds is 3. The fraction of sp³-hybridized carbons (Fsp3) is 0.278. The smallest absolute Gasteiger partial charge is 0.164 e. The number of anilines is 1. The van der Waals surface area contributed by atoms with Crippen molar-refractivity contribution >= 4 is 44.1 Å². The molecule has 0 spiro atoms. The summed E-state index contributed by atoms with van der Waals surface area (Å²) in [5, 5.41) is 1.61. The minimum absolute atomic E-state index is 0.0254. The van der Waals surface area contributed by atoms with Crippen LogP contribution < -0.4 is 4.90 Å². The van der Waals surface area contributed by atoms with Gasteiger partial charge in [-0.25, -0.2) is 8.42 Å². The summed E-state index contributed by atoms with van der Waals surface area (Å²) in [7, 11) is -2.95. The molecule has 2 aromatic carbocycles. The van der Waals surface area contributed by atoms with Crippen LogP contribution in [0.3, 0.4) is 0 Å². The largest absolute Gasteiger partial charge is 0.317 e. The van der Waals surface area contributed by atoms with Crippen molar-refractivity contribution in [2.24, 2.45) is 4.99 Å². The highest BCUT2D eigenvalue weighted by molar-refractivity contribution is 8.15. The maximum Gasteiger partial charge on any atom is 0.164 e. The Balaban J connectivity index is 1.67. The van der Waals surface area contributed by atoms with Crippen LogP contribution in [0.1, 0.15) is 5.56 Å². The fourth-order valence-corrected chi connectivity index (χ4v) is 7.12. The Morgan fingerprint density at radius 2 is 1.80 bits per heavy atom. The van der Waals surface area contributed by atoms with E-state index in [1.807, 2.05) is 54.6 Å². The van der Waals surface area contributed by atoms with Crippen molar-refractivity contribution in [3.63, 3.8) is 0 Å². The molecule has 0 bridgehead atoms. The second-order valence-corrected chi connectivity index (χ2v) is 9.99. The third kappa shape index (κ3) is 3.57. The molecule has 1 fully saturated rings. The number of sulfone groups is 1. The van der Waals surface area contributed by atoms with E-state index in [2.05, 4.69) is 4.90 Å². The summed E-state index contributed by atoms with van der Waals surface area (Å²) in [6, 6.07) is 17.6. The van der Waals surface area contributed by atoms with Gasteiger partial charge in [0, 0.05) is 16.0 Å². The van der Waals surface area contributed by atoms with Gasteiger partial charge in [-0.05, 0) is 23.8 Å². The third-order valence-electron chi connectivity index (χ3n) is 4.39. The first kappa shape index (κ1) is 16.9. The van der Waals surface area contributed by atoms with Crippen LogP contribution in [0.15, 0.2) is 59.6 Å². The van der Waals surface area contributed by atoms with Gasteiger partial charge in [0.05, 0.1) is 24.1 Å². The number of hydrogen-bond donors (Lipinski definition) is 0. The SMILES string of the molecule is O=S1(=O)C[C@H]2N=C(N(Cc3ccccc3Cl)c3ccccc3)S[C@@H]2C1. The van der Waals surface area contributed by atoms with Crippen molar-refractivity contribution in [2.45, 2.75) is 17.8 Å². The van der Waals surface area contributed by atoms with Crippen LogP contribution in [0.25, 0.3) is 0 Å². The van der Waals surface area contributed by atoms with Gasteiger partial charge in [0.1, 0.15) is 0 Å². The molecule has 4 nitrogen and oxygen atoms in total. The van der Waals surface area contributed by atoms with Gasteiger partial charge in [-0.15, -0.1) is 0 Å². The van der Waals surface area contributed by atoms with Crippen LogP contribution in [0.4, 0.5) is 5.69 Å². The van der Waals surface area contributed by atoms with E-state index in [-0.39, 0.29) is 22.8 Å². The van der Waals surface area contributed by atoms with E-state index < -0.39 is 9.84 Å². The van der Waals surface area contributed by atoms with Crippen molar-refractivity contribution in [2.75, 3.05) is 16.4 Å². The number of para-hydroxylation sites is 1. The molecule has 25 heavy (non-hydrogen) atoms. The molecule has 2 aliphatic rings. The second kappa shape index (κ2) is 6.67. The highest BCUT2D eigenvalue weighted by Crippen LogP contribution is 2.37. The van der Waals surface area contributed by atoms with Crippen LogP contribution in [0.2, 0.25) is 5.02 Å². The van der Waals surface area contributed by atoms with Crippen molar-refractivity contribution in [3.8, 4) is 0 Å². The van der Waals surface area contributed by atoms with Crippen molar-refractivity contribution in [1.29, 1.82) is 0 Å². The second-order valence-electron chi connectivity index (χ2n) is 6.23. The summed E-state index contributed by atoms with van der Waals surface area (Å²) in [5.41, 5.74) is 2.04. The van der Waals surface area contributed by atoms with E-state index in [0.29, 0.717) is 6.54 Å². The molecule has 7 heteroatoms. The number of hydrogen-bond acceptors (Lipinski definition) is 5. The zero-order chi connectivity index (χ0) is 17.4. The van der Waals surface area contributed by atoms with Crippen LogP contribution in [-0.2, 0) is 16.4 Å². The number of fused-ring (bicyclic) bond motifs is 1. The molecule has 0 aromatic heterocycles. The molecule has 4 rings (SSSR count). The van der Waals surface area contributed by atoms with Gasteiger partial charge in [-0.1, -0.05) is 59.8 Å². The molecule has 2 heterocycles. The highest BCUT2D eigenvalue weighted by atomic mass is 35.5. The third-order valence-corrected chi connectivity index (χ3v) is 8.01. The number of aliphatic imine (C=N–C) groups is 1. The fourth-order valence-electron chi connectivity index (χ4n) is 3.15. The molecule has 0 unspecified atom stereocenters. The number of amidine groups is 1. The number of benzene rings is 2. The van der Waals surface area contributed by atoms with E-state index in [4.69, 9.17) is 16.6 Å². The predicted molar refractivity (Wildman–Crippen MR) is 105 cm³/mol. The molecule has 1 saturated heterocycles. The first-order valence-corrected chi connectivity index (χ1v) is 11.1. The number of halogens is 1. The summed E-state index contributed by atoms with van der Waals surface area (Å²) in [6.45, 7) is 0.599. The number of thioether (sulfide) groups is 1. The van der Waals surface area contributed by atoms with Crippen molar-refractivity contribution in [3.05, 3.63) is 65.2 Å². The van der Waals surface area contributed by atoms with E-state index in [9.17, 15) is 8.42 Å². The maximum atomic E-state index is 11.8. The predicted octanol–water partition coefficient (Wildman–Crippen LogP) is 3.62. The van der Waals surface area contributed by atoms with Crippen LogP contribution in [0, 0.1) is 0 Å². The summed E-state index contributed by atoms with van der Waals surface area (Å²) in [4.78, 5) is 6.85. The summed E-state index contributed by atoms with van der Waals surface area (Å²) >= 11 is 7.91. The highest BCUT2D eigenvalue weighted by Gasteiger charge is 2.44.